The van der Waals surface area contributed by atoms with Crippen LogP contribution in [-0.4, -0.2) is 36.1 Å². The fourth-order valence-corrected chi connectivity index (χ4v) is 1.49. The minimum absolute atomic E-state index is 0.767. The van der Waals surface area contributed by atoms with Crippen molar-refractivity contribution in [1.82, 2.24) is 4.90 Å². The molecule has 0 saturated heterocycles. The predicted octanol–water partition coefficient (Wildman–Crippen LogP) is 1.36. The molecule has 0 unspecified atom stereocenters. The molecule has 1 fully saturated rings. The summed E-state index contributed by atoms with van der Waals surface area (Å²) in [6.07, 6.45) is 3.96. The molecule has 0 spiro atoms. The van der Waals surface area contributed by atoms with Crippen LogP contribution in [0.25, 0.3) is 0 Å². The van der Waals surface area contributed by atoms with E-state index >= 15 is 0 Å². The molecule has 0 aliphatic heterocycles. The largest absolute Gasteiger partial charge is 0.478 e. The van der Waals surface area contributed by atoms with Gasteiger partial charge in [0.25, 0.3) is 0 Å². The van der Waals surface area contributed by atoms with Crippen molar-refractivity contribution in [3.8, 4) is 0 Å². The number of hydrogen-bond acceptors (Lipinski definition) is 2. The van der Waals surface area contributed by atoms with Crippen LogP contribution in [0.4, 0.5) is 0 Å². The Morgan fingerprint density at radius 2 is 2.23 bits per heavy atom. The van der Waals surface area contributed by atoms with Crippen molar-refractivity contribution in [1.29, 1.82) is 0 Å². The first-order valence-corrected chi connectivity index (χ1v) is 4.66. The lowest BCUT2D eigenvalue weighted by atomic mass is 10.2. The molecule has 0 radical (unpaired) electrons. The Morgan fingerprint density at radius 1 is 1.62 bits per heavy atom. The summed E-state index contributed by atoms with van der Waals surface area (Å²) in [5.41, 5.74) is 0.913. The lowest BCUT2D eigenvalue weighted by Crippen LogP contribution is -2.23. The van der Waals surface area contributed by atoms with Gasteiger partial charge in [-0.2, -0.15) is 0 Å². The average Bonchev–Trinajstić information content (AvgIpc) is 2.67. The van der Waals surface area contributed by atoms with Crippen LogP contribution in [0.3, 0.4) is 0 Å². The van der Waals surface area contributed by atoms with Crippen LogP contribution >= 0.6 is 0 Å². The highest BCUT2D eigenvalue weighted by Gasteiger charge is 2.22. The van der Waals surface area contributed by atoms with Crippen LogP contribution in [0, 0.1) is 5.92 Å². The third-order valence-electron chi connectivity index (χ3n) is 2.16. The smallest absolute Gasteiger partial charge is 0.328 e. The van der Waals surface area contributed by atoms with Gasteiger partial charge in [0.2, 0.25) is 0 Å². The van der Waals surface area contributed by atoms with E-state index in [4.69, 9.17) is 5.11 Å². The van der Waals surface area contributed by atoms with Crippen LogP contribution in [-0.2, 0) is 4.79 Å². The lowest BCUT2D eigenvalue weighted by molar-refractivity contribution is -0.131. The van der Waals surface area contributed by atoms with Crippen LogP contribution in [0.1, 0.15) is 19.8 Å². The summed E-state index contributed by atoms with van der Waals surface area (Å²) in [5, 5.41) is 8.50. The lowest BCUT2D eigenvalue weighted by Gasteiger charge is -2.15. The molecule has 0 amide bonds. The summed E-state index contributed by atoms with van der Waals surface area (Å²) >= 11 is 0. The van der Waals surface area contributed by atoms with Crippen LogP contribution < -0.4 is 0 Å². The zero-order valence-electron chi connectivity index (χ0n) is 8.29. The molecule has 1 saturated carbocycles. The third-order valence-corrected chi connectivity index (χ3v) is 2.16. The number of carboxylic acids is 1. The molecule has 0 bridgehead atoms. The van der Waals surface area contributed by atoms with Gasteiger partial charge in [0.1, 0.15) is 0 Å². The first-order valence-electron chi connectivity index (χ1n) is 4.66. The van der Waals surface area contributed by atoms with E-state index in [-0.39, 0.29) is 0 Å². The van der Waals surface area contributed by atoms with Gasteiger partial charge in [-0.05, 0) is 32.7 Å². The molecule has 1 N–H and O–H groups in total. The second-order valence-electron chi connectivity index (χ2n) is 3.97. The van der Waals surface area contributed by atoms with Crippen molar-refractivity contribution in [3.63, 3.8) is 0 Å². The molecule has 74 valence electrons. The Balaban J connectivity index is 2.24. The van der Waals surface area contributed by atoms with E-state index < -0.39 is 5.97 Å². The predicted molar refractivity (Wildman–Crippen MR) is 51.6 cm³/mol. The fraction of sp³-hybridized carbons (Fsp3) is 0.700. The van der Waals surface area contributed by atoms with Crippen molar-refractivity contribution in [2.45, 2.75) is 19.8 Å². The van der Waals surface area contributed by atoms with Gasteiger partial charge < -0.3 is 10.0 Å². The highest BCUT2D eigenvalue weighted by molar-refractivity contribution is 5.80. The normalized spacial score (nSPS) is 17.9. The first-order chi connectivity index (χ1) is 6.08. The van der Waals surface area contributed by atoms with Crippen molar-refractivity contribution >= 4 is 5.97 Å². The average molecular weight is 183 g/mol. The van der Waals surface area contributed by atoms with Crippen LogP contribution in [0.5, 0.6) is 0 Å². The molecule has 0 aromatic heterocycles. The standard InChI is InChI=1S/C10H17NO2/c1-8(5-10(12)13)6-11(2)7-9-3-4-9/h5,9H,3-4,6-7H2,1-2H3,(H,12,13). The molecule has 3 heteroatoms. The third kappa shape index (κ3) is 4.68. The number of aliphatic carboxylic acids is 1. The topological polar surface area (TPSA) is 40.5 Å². The van der Waals surface area contributed by atoms with Gasteiger partial charge in [-0.15, -0.1) is 0 Å². The SMILES string of the molecule is CC(=CC(=O)O)CN(C)CC1CC1. The molecule has 13 heavy (non-hydrogen) atoms. The monoisotopic (exact) mass is 183 g/mol. The summed E-state index contributed by atoms with van der Waals surface area (Å²) in [7, 11) is 2.04. The molecule has 1 aliphatic rings. The van der Waals surface area contributed by atoms with E-state index in [1.165, 1.54) is 18.9 Å². The van der Waals surface area contributed by atoms with E-state index in [1.807, 2.05) is 14.0 Å². The molecule has 0 atom stereocenters. The molecule has 0 heterocycles. The van der Waals surface area contributed by atoms with Gasteiger partial charge in [0, 0.05) is 19.2 Å². The summed E-state index contributed by atoms with van der Waals surface area (Å²) in [5.74, 6) is 0.0138. The molecule has 3 nitrogen and oxygen atoms in total. The van der Waals surface area contributed by atoms with Gasteiger partial charge in [0.15, 0.2) is 0 Å². The summed E-state index contributed by atoms with van der Waals surface area (Å²) in [6, 6.07) is 0. The van der Waals surface area contributed by atoms with Crippen molar-refractivity contribution < 1.29 is 9.90 Å². The molecular weight excluding hydrogens is 166 g/mol. The maximum atomic E-state index is 10.3. The van der Waals surface area contributed by atoms with E-state index in [2.05, 4.69) is 4.90 Å². The molecule has 0 aromatic rings. The zero-order valence-corrected chi connectivity index (χ0v) is 8.29. The van der Waals surface area contributed by atoms with Gasteiger partial charge in [-0.3, -0.25) is 0 Å². The second-order valence-corrected chi connectivity index (χ2v) is 3.97. The Labute approximate surface area is 79.0 Å². The number of likely N-dealkylation sites (N-methyl/N-ethyl adjacent to an activating group) is 1. The van der Waals surface area contributed by atoms with Gasteiger partial charge in [-0.1, -0.05) is 5.57 Å². The zero-order chi connectivity index (χ0) is 9.84. The Bertz CT molecular complexity index is 219. The van der Waals surface area contributed by atoms with Crippen LogP contribution in [0.15, 0.2) is 11.6 Å². The maximum Gasteiger partial charge on any atom is 0.328 e. The van der Waals surface area contributed by atoms with E-state index in [0.29, 0.717) is 0 Å². The van der Waals surface area contributed by atoms with E-state index in [0.717, 1.165) is 24.6 Å². The van der Waals surface area contributed by atoms with Gasteiger partial charge in [0.05, 0.1) is 0 Å². The van der Waals surface area contributed by atoms with Crippen LogP contribution in [0.2, 0.25) is 0 Å². The number of nitrogens with zero attached hydrogens (tertiary/aromatic N) is 1. The molecule has 1 aliphatic carbocycles. The minimum Gasteiger partial charge on any atom is -0.478 e. The quantitative estimate of drug-likeness (QED) is 0.654. The van der Waals surface area contributed by atoms with Crippen molar-refractivity contribution in [2.24, 2.45) is 5.92 Å². The summed E-state index contributed by atoms with van der Waals surface area (Å²) in [6.45, 7) is 3.73. The number of hydrogen-bond donors (Lipinski definition) is 1. The number of carboxylic acid groups (broad SMARTS) is 1. The molecule has 1 rings (SSSR count). The fourth-order valence-electron chi connectivity index (χ4n) is 1.49. The van der Waals surface area contributed by atoms with Crippen molar-refractivity contribution in [3.05, 3.63) is 11.6 Å². The molecular formula is C10H17NO2. The molecule has 0 aromatic carbocycles. The number of carbonyl (C=O) groups is 1. The second kappa shape index (κ2) is 4.42. The summed E-state index contributed by atoms with van der Waals surface area (Å²) < 4.78 is 0. The first kappa shape index (κ1) is 10.3. The maximum absolute atomic E-state index is 10.3. The highest BCUT2D eigenvalue weighted by Crippen LogP contribution is 2.29. The Morgan fingerprint density at radius 3 is 2.69 bits per heavy atom. The van der Waals surface area contributed by atoms with E-state index in [9.17, 15) is 4.79 Å². The number of rotatable bonds is 5. The Hall–Kier alpha value is -0.830. The Kier molecular flexibility index (Phi) is 3.48. The van der Waals surface area contributed by atoms with E-state index in [1.54, 1.807) is 0 Å². The minimum atomic E-state index is -0.850. The van der Waals surface area contributed by atoms with Gasteiger partial charge in [-0.25, -0.2) is 4.79 Å². The highest BCUT2D eigenvalue weighted by atomic mass is 16.4. The van der Waals surface area contributed by atoms with Crippen molar-refractivity contribution in [2.75, 3.05) is 20.1 Å². The van der Waals surface area contributed by atoms with Gasteiger partial charge >= 0.3 is 5.97 Å². The summed E-state index contributed by atoms with van der Waals surface area (Å²) in [4.78, 5) is 12.5.